The molecule has 0 aliphatic carbocycles. The molecular formula is C16H26N4O2. The predicted molar refractivity (Wildman–Crippen MR) is 84.0 cm³/mol. The standard InChI is InChI=1S/C16H26N4O2/c1-3-14(13-11-17-19(2)12-13)18-15(21)8-10-20-9-6-4-5-7-16(20)22/h11-12,14H,3-10H2,1-2H3,(H,18,21)/t14-/m1/s1. The first-order valence-corrected chi connectivity index (χ1v) is 8.16. The molecule has 6 nitrogen and oxygen atoms in total. The number of carbonyl (C=O) groups excluding carboxylic acids is 2. The first-order chi connectivity index (χ1) is 10.6. The van der Waals surface area contributed by atoms with Crippen molar-refractivity contribution in [3.05, 3.63) is 18.0 Å². The van der Waals surface area contributed by atoms with Crippen LogP contribution in [0.3, 0.4) is 0 Å². The highest BCUT2D eigenvalue weighted by Crippen LogP contribution is 2.16. The van der Waals surface area contributed by atoms with Crippen LogP contribution in [0.5, 0.6) is 0 Å². The van der Waals surface area contributed by atoms with Crippen LogP contribution >= 0.6 is 0 Å². The molecule has 2 amide bonds. The minimum atomic E-state index is -0.0129. The molecule has 0 unspecified atom stereocenters. The van der Waals surface area contributed by atoms with Crippen LogP contribution < -0.4 is 5.32 Å². The van der Waals surface area contributed by atoms with E-state index < -0.39 is 0 Å². The van der Waals surface area contributed by atoms with Gasteiger partial charge in [-0.2, -0.15) is 5.10 Å². The maximum Gasteiger partial charge on any atom is 0.222 e. The van der Waals surface area contributed by atoms with Crippen molar-refractivity contribution in [1.82, 2.24) is 20.0 Å². The highest BCUT2D eigenvalue weighted by molar-refractivity contribution is 5.79. The lowest BCUT2D eigenvalue weighted by Crippen LogP contribution is -2.35. The van der Waals surface area contributed by atoms with Crippen molar-refractivity contribution in [3.8, 4) is 0 Å². The van der Waals surface area contributed by atoms with Gasteiger partial charge in [0.05, 0.1) is 12.2 Å². The van der Waals surface area contributed by atoms with Crippen LogP contribution in [0.1, 0.15) is 57.1 Å². The number of carbonyl (C=O) groups is 2. The van der Waals surface area contributed by atoms with Gasteiger partial charge in [0.1, 0.15) is 0 Å². The topological polar surface area (TPSA) is 67.2 Å². The van der Waals surface area contributed by atoms with Crippen molar-refractivity contribution in [2.45, 2.75) is 51.5 Å². The van der Waals surface area contributed by atoms with E-state index in [1.165, 1.54) is 0 Å². The van der Waals surface area contributed by atoms with Gasteiger partial charge in [0, 0.05) is 44.7 Å². The minimum absolute atomic E-state index is 0.00671. The second-order valence-electron chi connectivity index (χ2n) is 5.92. The van der Waals surface area contributed by atoms with E-state index in [9.17, 15) is 9.59 Å². The van der Waals surface area contributed by atoms with Gasteiger partial charge in [-0.15, -0.1) is 0 Å². The van der Waals surface area contributed by atoms with Gasteiger partial charge < -0.3 is 10.2 Å². The first-order valence-electron chi connectivity index (χ1n) is 8.16. The maximum atomic E-state index is 12.2. The average molecular weight is 306 g/mol. The number of hydrogen-bond acceptors (Lipinski definition) is 3. The van der Waals surface area contributed by atoms with Gasteiger partial charge in [0.2, 0.25) is 11.8 Å². The molecule has 1 aromatic rings. The SMILES string of the molecule is CC[C@@H](NC(=O)CCN1CCCCCC1=O)c1cnn(C)c1. The molecule has 0 radical (unpaired) electrons. The number of nitrogens with zero attached hydrogens (tertiary/aromatic N) is 3. The Kier molecular flexibility index (Phi) is 5.98. The molecule has 1 aliphatic rings. The van der Waals surface area contributed by atoms with E-state index in [0.717, 1.165) is 37.8 Å². The third-order valence-electron chi connectivity index (χ3n) is 4.15. The Morgan fingerprint density at radius 1 is 1.41 bits per heavy atom. The number of amides is 2. The van der Waals surface area contributed by atoms with Crippen LogP contribution in [0.15, 0.2) is 12.4 Å². The van der Waals surface area contributed by atoms with E-state index in [2.05, 4.69) is 10.4 Å². The van der Waals surface area contributed by atoms with E-state index in [4.69, 9.17) is 0 Å². The van der Waals surface area contributed by atoms with Gasteiger partial charge in [-0.05, 0) is 19.3 Å². The molecule has 1 aromatic heterocycles. The summed E-state index contributed by atoms with van der Waals surface area (Å²) in [7, 11) is 1.86. The molecule has 0 spiro atoms. The number of hydrogen-bond donors (Lipinski definition) is 1. The number of rotatable bonds is 6. The average Bonchev–Trinajstić information content (AvgIpc) is 2.82. The highest BCUT2D eigenvalue weighted by atomic mass is 16.2. The molecule has 1 aliphatic heterocycles. The molecule has 1 N–H and O–H groups in total. The van der Waals surface area contributed by atoms with Gasteiger partial charge in [0.25, 0.3) is 0 Å². The summed E-state index contributed by atoms with van der Waals surface area (Å²) in [5.41, 5.74) is 1.02. The Labute approximate surface area is 131 Å². The maximum absolute atomic E-state index is 12.2. The molecule has 1 saturated heterocycles. The van der Waals surface area contributed by atoms with Crippen molar-refractivity contribution < 1.29 is 9.59 Å². The zero-order chi connectivity index (χ0) is 15.9. The molecule has 22 heavy (non-hydrogen) atoms. The molecule has 2 heterocycles. The van der Waals surface area contributed by atoms with Crippen molar-refractivity contribution in [2.24, 2.45) is 7.05 Å². The molecule has 1 atom stereocenters. The summed E-state index contributed by atoms with van der Waals surface area (Å²) in [5.74, 6) is 0.178. The van der Waals surface area contributed by atoms with E-state index in [1.807, 2.05) is 25.1 Å². The number of aryl methyl sites for hydroxylation is 1. The third kappa shape index (κ3) is 4.58. The van der Waals surface area contributed by atoms with Gasteiger partial charge in [-0.1, -0.05) is 13.3 Å². The normalized spacial score (nSPS) is 17.2. The summed E-state index contributed by atoms with van der Waals surface area (Å²) in [4.78, 5) is 25.9. The smallest absolute Gasteiger partial charge is 0.222 e. The Morgan fingerprint density at radius 2 is 2.23 bits per heavy atom. The van der Waals surface area contributed by atoms with Gasteiger partial charge in [-0.25, -0.2) is 0 Å². The summed E-state index contributed by atoms with van der Waals surface area (Å²) in [6.07, 6.45) is 8.63. The van der Waals surface area contributed by atoms with Crippen molar-refractivity contribution in [3.63, 3.8) is 0 Å². The quantitative estimate of drug-likeness (QED) is 0.871. The molecule has 122 valence electrons. The van der Waals surface area contributed by atoms with Crippen molar-refractivity contribution >= 4 is 11.8 Å². The monoisotopic (exact) mass is 306 g/mol. The fraction of sp³-hybridized carbons (Fsp3) is 0.688. The summed E-state index contributed by atoms with van der Waals surface area (Å²) in [6, 6.07) is -0.0129. The van der Waals surface area contributed by atoms with Crippen LogP contribution in [0.25, 0.3) is 0 Å². The lowest BCUT2D eigenvalue weighted by Gasteiger charge is -2.21. The van der Waals surface area contributed by atoms with Crippen LogP contribution in [-0.2, 0) is 16.6 Å². The highest BCUT2D eigenvalue weighted by Gasteiger charge is 2.19. The Bertz CT molecular complexity index is 512. The van der Waals surface area contributed by atoms with Gasteiger partial charge in [0.15, 0.2) is 0 Å². The summed E-state index contributed by atoms with van der Waals surface area (Å²) < 4.78 is 1.74. The van der Waals surface area contributed by atoms with Crippen LogP contribution in [-0.4, -0.2) is 39.6 Å². The molecule has 6 heteroatoms. The Hall–Kier alpha value is -1.85. The Morgan fingerprint density at radius 3 is 2.91 bits per heavy atom. The van der Waals surface area contributed by atoms with Gasteiger partial charge >= 0.3 is 0 Å². The molecular weight excluding hydrogens is 280 g/mol. The second-order valence-corrected chi connectivity index (χ2v) is 5.92. The van der Waals surface area contributed by atoms with Crippen LogP contribution in [0.4, 0.5) is 0 Å². The molecule has 0 bridgehead atoms. The van der Waals surface area contributed by atoms with Crippen LogP contribution in [0, 0.1) is 0 Å². The first kappa shape index (κ1) is 16.5. The van der Waals surface area contributed by atoms with Crippen molar-refractivity contribution in [2.75, 3.05) is 13.1 Å². The molecule has 0 saturated carbocycles. The summed E-state index contributed by atoms with van der Waals surface area (Å²) in [6.45, 7) is 3.34. The fourth-order valence-electron chi connectivity index (χ4n) is 2.82. The second kappa shape index (κ2) is 7.96. The summed E-state index contributed by atoms with van der Waals surface area (Å²) in [5, 5.41) is 7.18. The number of likely N-dealkylation sites (tertiary alicyclic amines) is 1. The molecule has 1 fully saturated rings. The lowest BCUT2D eigenvalue weighted by atomic mass is 10.1. The van der Waals surface area contributed by atoms with E-state index in [1.54, 1.807) is 10.9 Å². The predicted octanol–water partition coefficient (Wildman–Crippen LogP) is 1.78. The zero-order valence-corrected chi connectivity index (χ0v) is 13.5. The van der Waals surface area contributed by atoms with Crippen LogP contribution in [0.2, 0.25) is 0 Å². The lowest BCUT2D eigenvalue weighted by molar-refractivity contribution is -0.131. The largest absolute Gasteiger partial charge is 0.349 e. The molecule has 2 rings (SSSR count). The number of nitrogens with one attached hydrogen (secondary N) is 1. The van der Waals surface area contributed by atoms with Crippen molar-refractivity contribution in [1.29, 1.82) is 0 Å². The van der Waals surface area contributed by atoms with Gasteiger partial charge in [-0.3, -0.25) is 14.3 Å². The minimum Gasteiger partial charge on any atom is -0.349 e. The Balaban J connectivity index is 1.82. The summed E-state index contributed by atoms with van der Waals surface area (Å²) >= 11 is 0. The third-order valence-corrected chi connectivity index (χ3v) is 4.15. The number of aromatic nitrogens is 2. The molecule has 0 aromatic carbocycles. The zero-order valence-electron chi connectivity index (χ0n) is 13.5. The van der Waals surface area contributed by atoms with E-state index in [-0.39, 0.29) is 17.9 Å². The fourth-order valence-corrected chi connectivity index (χ4v) is 2.82. The van der Waals surface area contributed by atoms with E-state index in [0.29, 0.717) is 19.4 Å². The van der Waals surface area contributed by atoms with E-state index >= 15 is 0 Å².